The number of benzene rings is 1. The first-order valence-corrected chi connectivity index (χ1v) is 8.99. The van der Waals surface area contributed by atoms with Crippen LogP contribution in [-0.2, 0) is 16.1 Å². The van der Waals surface area contributed by atoms with Crippen molar-refractivity contribution in [2.24, 2.45) is 0 Å². The van der Waals surface area contributed by atoms with Crippen LogP contribution in [-0.4, -0.2) is 54.3 Å². The van der Waals surface area contributed by atoms with Crippen LogP contribution in [0.25, 0.3) is 0 Å². The highest BCUT2D eigenvalue weighted by Crippen LogP contribution is 2.09. The zero-order valence-electron chi connectivity index (χ0n) is 14.7. The molecular weight excluding hydrogens is 302 g/mol. The van der Waals surface area contributed by atoms with Crippen molar-refractivity contribution in [3.05, 3.63) is 35.9 Å². The fourth-order valence-electron chi connectivity index (χ4n) is 2.91. The van der Waals surface area contributed by atoms with Gasteiger partial charge in [0.05, 0.1) is 0 Å². The molecule has 0 spiro atoms. The summed E-state index contributed by atoms with van der Waals surface area (Å²) in [6.45, 7) is 6.84. The van der Waals surface area contributed by atoms with Crippen LogP contribution in [0.5, 0.6) is 0 Å². The first-order chi connectivity index (χ1) is 11.7. The van der Waals surface area contributed by atoms with Gasteiger partial charge in [0.25, 0.3) is 0 Å². The van der Waals surface area contributed by atoms with Crippen molar-refractivity contribution in [3.8, 4) is 0 Å². The molecule has 1 saturated heterocycles. The van der Waals surface area contributed by atoms with Gasteiger partial charge in [-0.05, 0) is 12.0 Å². The van der Waals surface area contributed by atoms with Crippen molar-refractivity contribution < 1.29 is 9.59 Å². The number of rotatable bonds is 8. The number of carbonyl (C=O) groups excluding carboxylic acids is 2. The Morgan fingerprint density at radius 3 is 2.42 bits per heavy atom. The van der Waals surface area contributed by atoms with Gasteiger partial charge in [0.15, 0.2) is 0 Å². The van der Waals surface area contributed by atoms with Gasteiger partial charge in [-0.3, -0.25) is 14.5 Å². The molecule has 5 heteroatoms. The topological polar surface area (TPSA) is 52.7 Å². The maximum absolute atomic E-state index is 12.2. The summed E-state index contributed by atoms with van der Waals surface area (Å²) in [6.07, 6.45) is 3.19. The van der Waals surface area contributed by atoms with Crippen LogP contribution in [0, 0.1) is 0 Å². The van der Waals surface area contributed by atoms with Crippen molar-refractivity contribution in [2.75, 3.05) is 32.7 Å². The van der Waals surface area contributed by atoms with Crippen molar-refractivity contribution in [1.29, 1.82) is 0 Å². The molecule has 5 nitrogen and oxygen atoms in total. The second-order valence-electron chi connectivity index (χ2n) is 6.38. The van der Waals surface area contributed by atoms with Gasteiger partial charge in [-0.15, -0.1) is 0 Å². The molecule has 2 amide bonds. The molecule has 1 N–H and O–H groups in total. The van der Waals surface area contributed by atoms with E-state index in [9.17, 15) is 9.59 Å². The van der Waals surface area contributed by atoms with Crippen LogP contribution < -0.4 is 5.32 Å². The largest absolute Gasteiger partial charge is 0.356 e. The van der Waals surface area contributed by atoms with Crippen LogP contribution in [0.3, 0.4) is 0 Å². The lowest BCUT2D eigenvalue weighted by Gasteiger charge is -2.34. The fraction of sp³-hybridized carbons (Fsp3) is 0.579. The third kappa shape index (κ3) is 6.32. The van der Waals surface area contributed by atoms with Gasteiger partial charge in [-0.25, -0.2) is 0 Å². The summed E-state index contributed by atoms with van der Waals surface area (Å²) < 4.78 is 0. The number of piperazine rings is 1. The van der Waals surface area contributed by atoms with Gasteiger partial charge >= 0.3 is 0 Å². The maximum Gasteiger partial charge on any atom is 0.232 e. The Kier molecular flexibility index (Phi) is 7.75. The Morgan fingerprint density at radius 1 is 1.04 bits per heavy atom. The fourth-order valence-corrected chi connectivity index (χ4v) is 2.91. The SMILES string of the molecule is CCCCCNC(=O)CC(=O)N1CCN(Cc2ccccc2)CC1. The summed E-state index contributed by atoms with van der Waals surface area (Å²) in [5.41, 5.74) is 1.30. The minimum absolute atomic E-state index is 0.0230. The second-order valence-corrected chi connectivity index (χ2v) is 6.38. The molecule has 1 aliphatic heterocycles. The van der Waals surface area contributed by atoms with Gasteiger partial charge in [-0.1, -0.05) is 50.1 Å². The van der Waals surface area contributed by atoms with Gasteiger partial charge in [0, 0.05) is 39.3 Å². The Morgan fingerprint density at radius 2 is 1.75 bits per heavy atom. The molecule has 0 radical (unpaired) electrons. The number of nitrogens with zero attached hydrogens (tertiary/aromatic N) is 2. The van der Waals surface area contributed by atoms with Gasteiger partial charge in [0.1, 0.15) is 6.42 Å². The molecule has 24 heavy (non-hydrogen) atoms. The van der Waals surface area contributed by atoms with E-state index in [1.165, 1.54) is 5.56 Å². The average Bonchev–Trinajstić information content (AvgIpc) is 2.60. The van der Waals surface area contributed by atoms with E-state index >= 15 is 0 Å². The van der Waals surface area contributed by atoms with Crippen LogP contribution in [0.1, 0.15) is 38.2 Å². The van der Waals surface area contributed by atoms with E-state index in [1.807, 2.05) is 23.1 Å². The van der Waals surface area contributed by atoms with Crippen LogP contribution in [0.2, 0.25) is 0 Å². The smallest absolute Gasteiger partial charge is 0.232 e. The molecule has 0 aromatic heterocycles. The van der Waals surface area contributed by atoms with Crippen LogP contribution in [0.4, 0.5) is 0 Å². The molecule has 1 aliphatic rings. The predicted octanol–water partition coefficient (Wildman–Crippen LogP) is 2.03. The van der Waals surface area contributed by atoms with E-state index in [-0.39, 0.29) is 18.2 Å². The number of nitrogens with one attached hydrogen (secondary N) is 1. The molecular formula is C19H29N3O2. The number of hydrogen-bond donors (Lipinski definition) is 1. The summed E-state index contributed by atoms with van der Waals surface area (Å²) in [4.78, 5) is 28.2. The number of unbranched alkanes of at least 4 members (excludes halogenated alkanes) is 2. The molecule has 0 bridgehead atoms. The zero-order chi connectivity index (χ0) is 17.2. The lowest BCUT2D eigenvalue weighted by atomic mass is 10.2. The summed E-state index contributed by atoms with van der Waals surface area (Å²) in [5.74, 6) is -0.204. The van der Waals surface area contributed by atoms with Crippen LogP contribution >= 0.6 is 0 Å². The Bertz CT molecular complexity index is 511. The first kappa shape index (κ1) is 18.5. The number of amides is 2. The highest BCUT2D eigenvalue weighted by Gasteiger charge is 2.22. The summed E-state index contributed by atoms with van der Waals surface area (Å²) in [6, 6.07) is 10.4. The van der Waals surface area contributed by atoms with Gasteiger partial charge < -0.3 is 10.2 Å². The number of hydrogen-bond acceptors (Lipinski definition) is 3. The zero-order valence-corrected chi connectivity index (χ0v) is 14.7. The monoisotopic (exact) mass is 331 g/mol. The van der Waals surface area contributed by atoms with Crippen molar-refractivity contribution in [2.45, 2.75) is 39.2 Å². The first-order valence-electron chi connectivity index (χ1n) is 8.99. The van der Waals surface area contributed by atoms with E-state index in [2.05, 4.69) is 29.3 Å². The summed E-state index contributed by atoms with van der Waals surface area (Å²) in [7, 11) is 0. The molecule has 0 aliphatic carbocycles. The normalized spacial score (nSPS) is 15.3. The van der Waals surface area contributed by atoms with Gasteiger partial charge in [-0.2, -0.15) is 0 Å². The Hall–Kier alpha value is -1.88. The highest BCUT2D eigenvalue weighted by atomic mass is 16.2. The van der Waals surface area contributed by atoms with Crippen molar-refractivity contribution in [3.63, 3.8) is 0 Å². The molecule has 0 atom stereocenters. The maximum atomic E-state index is 12.2. The molecule has 1 heterocycles. The Labute approximate surface area is 145 Å². The third-order valence-electron chi connectivity index (χ3n) is 4.39. The molecule has 0 unspecified atom stereocenters. The molecule has 1 aromatic rings. The second kappa shape index (κ2) is 10.1. The van der Waals surface area contributed by atoms with Crippen LogP contribution in [0.15, 0.2) is 30.3 Å². The molecule has 1 aromatic carbocycles. The minimum Gasteiger partial charge on any atom is -0.356 e. The molecule has 0 saturated carbocycles. The standard InChI is InChI=1S/C19H29N3O2/c1-2-3-7-10-20-18(23)15-19(24)22-13-11-21(12-14-22)16-17-8-5-4-6-9-17/h4-6,8-9H,2-3,7,10-16H2,1H3,(H,20,23). The van der Waals surface area contributed by atoms with E-state index in [4.69, 9.17) is 0 Å². The van der Waals surface area contributed by atoms with Gasteiger partial charge in [0.2, 0.25) is 11.8 Å². The summed E-state index contributed by atoms with van der Waals surface area (Å²) in [5, 5.41) is 2.83. The van der Waals surface area contributed by atoms with Crippen molar-refractivity contribution >= 4 is 11.8 Å². The quantitative estimate of drug-likeness (QED) is 0.586. The lowest BCUT2D eigenvalue weighted by Crippen LogP contribution is -2.49. The number of carbonyl (C=O) groups is 2. The van der Waals surface area contributed by atoms with E-state index < -0.39 is 0 Å². The third-order valence-corrected chi connectivity index (χ3v) is 4.39. The van der Waals surface area contributed by atoms with Crippen molar-refractivity contribution in [1.82, 2.24) is 15.1 Å². The lowest BCUT2D eigenvalue weighted by molar-refractivity contribution is -0.137. The Balaban J connectivity index is 1.66. The molecule has 132 valence electrons. The summed E-state index contributed by atoms with van der Waals surface area (Å²) >= 11 is 0. The highest BCUT2D eigenvalue weighted by molar-refractivity contribution is 5.96. The van der Waals surface area contributed by atoms with E-state index in [0.29, 0.717) is 19.6 Å². The minimum atomic E-state index is -0.150. The average molecular weight is 331 g/mol. The molecule has 2 rings (SSSR count). The van der Waals surface area contributed by atoms with E-state index in [1.54, 1.807) is 0 Å². The van der Waals surface area contributed by atoms with E-state index in [0.717, 1.165) is 38.9 Å². The predicted molar refractivity (Wildman–Crippen MR) is 95.5 cm³/mol. The molecule has 1 fully saturated rings.